The molecule has 0 bridgehead atoms. The van der Waals surface area contributed by atoms with E-state index in [1.807, 2.05) is 13.8 Å². The minimum atomic E-state index is -3.64. The first-order valence-corrected chi connectivity index (χ1v) is 8.61. The Bertz CT molecular complexity index is 600. The molecule has 0 saturated heterocycles. The molecule has 0 saturated carbocycles. The highest BCUT2D eigenvalue weighted by atomic mass is 35.5. The largest absolute Gasteiger partial charge is 0.397 e. The van der Waals surface area contributed by atoms with E-state index in [9.17, 15) is 8.42 Å². The molecule has 0 heterocycles. The molecule has 1 aromatic rings. The Balaban J connectivity index is 2.90. The average Bonchev–Trinajstić information content (AvgIpc) is 2.38. The number of nitrogen functional groups attached to an aromatic ring is 1. The molecule has 4 N–H and O–H groups in total. The van der Waals surface area contributed by atoms with Gasteiger partial charge in [0.25, 0.3) is 0 Å². The smallest absolute Gasteiger partial charge is 0.240 e. The molecule has 5 nitrogen and oxygen atoms in total. The van der Waals surface area contributed by atoms with Crippen LogP contribution in [0.3, 0.4) is 0 Å². The number of halogens is 1. The lowest BCUT2D eigenvalue weighted by Crippen LogP contribution is -2.34. The van der Waals surface area contributed by atoms with Gasteiger partial charge in [-0.1, -0.05) is 25.4 Å². The lowest BCUT2D eigenvalue weighted by molar-refractivity contribution is 0.242. The second-order valence-electron chi connectivity index (χ2n) is 5.96. The Labute approximate surface area is 131 Å². The summed E-state index contributed by atoms with van der Waals surface area (Å²) < 4.78 is 27.4. The van der Waals surface area contributed by atoms with E-state index in [2.05, 4.69) is 4.72 Å². The number of aliphatic hydroxyl groups excluding tert-OH is 1. The summed E-state index contributed by atoms with van der Waals surface area (Å²) >= 11 is 5.88. The van der Waals surface area contributed by atoms with Crippen molar-refractivity contribution in [2.24, 2.45) is 5.41 Å². The van der Waals surface area contributed by atoms with Crippen LogP contribution in [0.1, 0.15) is 32.3 Å². The predicted molar refractivity (Wildman–Crippen MR) is 85.9 cm³/mol. The van der Waals surface area contributed by atoms with Crippen LogP contribution in [-0.4, -0.2) is 26.7 Å². The van der Waals surface area contributed by atoms with Crippen LogP contribution in [0.5, 0.6) is 0 Å². The molecule has 0 unspecified atom stereocenters. The molecule has 0 aromatic heterocycles. The van der Waals surface area contributed by atoms with Gasteiger partial charge in [-0.05, 0) is 42.9 Å². The molecule has 120 valence electrons. The molecule has 7 heteroatoms. The van der Waals surface area contributed by atoms with E-state index in [-0.39, 0.29) is 29.1 Å². The van der Waals surface area contributed by atoms with E-state index >= 15 is 0 Å². The number of nitrogens with two attached hydrogens (primary N) is 1. The maximum absolute atomic E-state index is 12.4. The highest BCUT2D eigenvalue weighted by molar-refractivity contribution is 7.89. The Morgan fingerprint density at radius 3 is 2.57 bits per heavy atom. The zero-order valence-corrected chi connectivity index (χ0v) is 14.2. The molecule has 1 rings (SSSR count). The molecule has 0 amide bonds. The third kappa shape index (κ3) is 5.14. The summed E-state index contributed by atoms with van der Waals surface area (Å²) in [6, 6.07) is 2.92. The number of hydrogen-bond acceptors (Lipinski definition) is 4. The minimum absolute atomic E-state index is 0.100. The molecule has 21 heavy (non-hydrogen) atoms. The topological polar surface area (TPSA) is 92.4 Å². The molecular weight excluding hydrogens is 312 g/mol. The summed E-state index contributed by atoms with van der Waals surface area (Å²) in [6.45, 7) is 5.97. The summed E-state index contributed by atoms with van der Waals surface area (Å²) in [5.74, 6) is 0. The SMILES string of the molecule is Cc1cc(Cl)c(N)cc1S(=O)(=O)NCC(C)(C)CCCO. The highest BCUT2D eigenvalue weighted by Crippen LogP contribution is 2.27. The Morgan fingerprint density at radius 2 is 2.00 bits per heavy atom. The molecule has 1 aromatic carbocycles. The van der Waals surface area contributed by atoms with Crippen molar-refractivity contribution >= 4 is 27.3 Å². The van der Waals surface area contributed by atoms with E-state index < -0.39 is 10.0 Å². The van der Waals surface area contributed by atoms with Gasteiger partial charge in [0.2, 0.25) is 10.0 Å². The standard InChI is InChI=1S/C14H23ClN2O3S/c1-10-7-11(15)12(16)8-13(10)21(19,20)17-9-14(2,3)5-4-6-18/h7-8,17-18H,4-6,9,16H2,1-3H3. The third-order valence-electron chi connectivity index (χ3n) is 3.34. The normalized spacial score (nSPS) is 12.6. The zero-order chi connectivity index (χ0) is 16.3. The molecule has 0 aliphatic carbocycles. The van der Waals surface area contributed by atoms with Gasteiger partial charge < -0.3 is 10.8 Å². The van der Waals surface area contributed by atoms with E-state index in [1.165, 1.54) is 6.07 Å². The fourth-order valence-electron chi connectivity index (χ4n) is 1.97. The molecule has 0 aliphatic rings. The number of rotatable bonds is 7. The molecule has 0 radical (unpaired) electrons. The Kier molecular flexibility index (Phi) is 6.04. The number of sulfonamides is 1. The molecule has 0 fully saturated rings. The van der Waals surface area contributed by atoms with E-state index in [4.69, 9.17) is 22.4 Å². The summed E-state index contributed by atoms with van der Waals surface area (Å²) in [4.78, 5) is 0.141. The summed E-state index contributed by atoms with van der Waals surface area (Å²) in [5.41, 5.74) is 6.24. The number of aliphatic hydroxyl groups is 1. The van der Waals surface area contributed by atoms with Crippen molar-refractivity contribution in [3.63, 3.8) is 0 Å². The van der Waals surface area contributed by atoms with Crippen LogP contribution in [-0.2, 0) is 10.0 Å². The number of nitrogens with one attached hydrogen (secondary N) is 1. The fraction of sp³-hybridized carbons (Fsp3) is 0.571. The van der Waals surface area contributed by atoms with Crippen molar-refractivity contribution in [1.29, 1.82) is 0 Å². The predicted octanol–water partition coefficient (Wildman–Crippen LogP) is 2.31. The van der Waals surface area contributed by atoms with Gasteiger partial charge in [0.1, 0.15) is 0 Å². The van der Waals surface area contributed by atoms with Gasteiger partial charge in [0.15, 0.2) is 0 Å². The minimum Gasteiger partial charge on any atom is -0.397 e. The van der Waals surface area contributed by atoms with Crippen LogP contribution in [0.15, 0.2) is 17.0 Å². The van der Waals surface area contributed by atoms with Crippen molar-refractivity contribution in [3.05, 3.63) is 22.7 Å². The first kappa shape index (κ1) is 18.2. The Hall–Kier alpha value is -0.820. The van der Waals surface area contributed by atoms with Gasteiger partial charge in [0, 0.05) is 13.2 Å². The lowest BCUT2D eigenvalue weighted by atomic mass is 9.88. The van der Waals surface area contributed by atoms with Gasteiger partial charge in [0.05, 0.1) is 15.6 Å². The Morgan fingerprint density at radius 1 is 1.38 bits per heavy atom. The quantitative estimate of drug-likeness (QED) is 0.667. The van der Waals surface area contributed by atoms with Crippen LogP contribution in [0.4, 0.5) is 5.69 Å². The first-order chi connectivity index (χ1) is 9.59. The molecule has 0 spiro atoms. The number of anilines is 1. The van der Waals surface area contributed by atoms with Crippen LogP contribution >= 0.6 is 11.6 Å². The van der Waals surface area contributed by atoms with Crippen molar-refractivity contribution in [1.82, 2.24) is 4.72 Å². The van der Waals surface area contributed by atoms with Gasteiger partial charge in [-0.2, -0.15) is 0 Å². The van der Waals surface area contributed by atoms with Crippen LogP contribution in [0.25, 0.3) is 0 Å². The van der Waals surface area contributed by atoms with Crippen molar-refractivity contribution in [3.8, 4) is 0 Å². The second kappa shape index (κ2) is 6.96. The van der Waals surface area contributed by atoms with Gasteiger partial charge in [-0.15, -0.1) is 0 Å². The third-order valence-corrected chi connectivity index (χ3v) is 5.21. The van der Waals surface area contributed by atoms with Crippen molar-refractivity contribution < 1.29 is 13.5 Å². The van der Waals surface area contributed by atoms with Gasteiger partial charge in [-0.3, -0.25) is 0 Å². The first-order valence-electron chi connectivity index (χ1n) is 6.75. The lowest BCUT2D eigenvalue weighted by Gasteiger charge is -2.24. The van der Waals surface area contributed by atoms with Crippen LogP contribution in [0, 0.1) is 12.3 Å². The summed E-state index contributed by atoms with van der Waals surface area (Å²) in [6.07, 6.45) is 1.37. The molecule has 0 aliphatic heterocycles. The maximum Gasteiger partial charge on any atom is 0.240 e. The van der Waals surface area contributed by atoms with Crippen molar-refractivity contribution in [2.45, 2.75) is 38.5 Å². The molecular formula is C14H23ClN2O3S. The number of hydrogen-bond donors (Lipinski definition) is 3. The summed E-state index contributed by atoms with van der Waals surface area (Å²) in [7, 11) is -3.64. The average molecular weight is 335 g/mol. The van der Waals surface area contributed by atoms with E-state index in [0.717, 1.165) is 6.42 Å². The van der Waals surface area contributed by atoms with Gasteiger partial charge >= 0.3 is 0 Å². The van der Waals surface area contributed by atoms with Crippen LogP contribution in [0.2, 0.25) is 5.02 Å². The van der Waals surface area contributed by atoms with E-state index in [0.29, 0.717) is 17.0 Å². The fourth-order valence-corrected chi connectivity index (χ4v) is 3.69. The van der Waals surface area contributed by atoms with Crippen LogP contribution < -0.4 is 10.5 Å². The van der Waals surface area contributed by atoms with E-state index in [1.54, 1.807) is 13.0 Å². The van der Waals surface area contributed by atoms with Crippen molar-refractivity contribution in [2.75, 3.05) is 18.9 Å². The zero-order valence-electron chi connectivity index (χ0n) is 12.6. The monoisotopic (exact) mass is 334 g/mol. The second-order valence-corrected chi connectivity index (χ2v) is 8.10. The molecule has 0 atom stereocenters. The maximum atomic E-state index is 12.4. The highest BCUT2D eigenvalue weighted by Gasteiger charge is 2.23. The van der Waals surface area contributed by atoms with Gasteiger partial charge in [-0.25, -0.2) is 13.1 Å². The number of benzene rings is 1. The summed E-state index contributed by atoms with van der Waals surface area (Å²) in [5, 5.41) is 9.21. The number of aryl methyl sites for hydroxylation is 1.